The van der Waals surface area contributed by atoms with Gasteiger partial charge >= 0.3 is 0 Å². The van der Waals surface area contributed by atoms with Crippen molar-refractivity contribution in [3.8, 4) is 44.8 Å². The average Bonchev–Trinajstić information content (AvgIpc) is 3.35. The summed E-state index contributed by atoms with van der Waals surface area (Å²) in [5.41, 5.74) is 11.0. The first-order valence-electron chi connectivity index (χ1n) is 13.5. The van der Waals surface area contributed by atoms with Crippen LogP contribution in [-0.2, 0) is 0 Å². The second kappa shape index (κ2) is 8.05. The first-order valence-corrected chi connectivity index (χ1v) is 13.5. The van der Waals surface area contributed by atoms with Crippen LogP contribution in [0.5, 0.6) is 0 Å². The van der Waals surface area contributed by atoms with Gasteiger partial charge in [0.1, 0.15) is 0 Å². The van der Waals surface area contributed by atoms with Crippen LogP contribution >= 0.6 is 0 Å². The van der Waals surface area contributed by atoms with E-state index < -0.39 is 0 Å². The van der Waals surface area contributed by atoms with Crippen molar-refractivity contribution in [3.63, 3.8) is 0 Å². The topological polar surface area (TPSA) is 38.7 Å². The summed E-state index contributed by atoms with van der Waals surface area (Å²) in [5, 5.41) is 6.94. The number of aromatic nitrogens is 3. The van der Waals surface area contributed by atoms with Crippen molar-refractivity contribution in [1.29, 1.82) is 0 Å². The standard InChI is InChI=1S/C37H21N3/c1-2-7-25-24(6-1)20-38-21-32(25)34-19-15-23-13-12-22-14-18-33(39-36(22)37(23)40-34)28-16-17-31-27-9-4-3-8-26(27)29-10-5-11-30(28)35(29)31/h1-21H. The van der Waals surface area contributed by atoms with Crippen LogP contribution in [0.4, 0.5) is 0 Å². The van der Waals surface area contributed by atoms with Crippen molar-refractivity contribution >= 4 is 43.4 Å². The van der Waals surface area contributed by atoms with Crippen molar-refractivity contribution < 1.29 is 0 Å². The summed E-state index contributed by atoms with van der Waals surface area (Å²) in [4.78, 5) is 14.9. The summed E-state index contributed by atoms with van der Waals surface area (Å²) >= 11 is 0. The Morgan fingerprint density at radius 2 is 0.925 bits per heavy atom. The molecule has 1 aliphatic carbocycles. The number of rotatable bonds is 2. The molecule has 0 fully saturated rings. The van der Waals surface area contributed by atoms with Crippen LogP contribution in [0.3, 0.4) is 0 Å². The van der Waals surface area contributed by atoms with Crippen LogP contribution in [0, 0.1) is 0 Å². The molecule has 3 nitrogen and oxygen atoms in total. The molecular formula is C37H21N3. The molecule has 3 heteroatoms. The van der Waals surface area contributed by atoms with E-state index in [2.05, 4.69) is 114 Å². The third-order valence-electron chi connectivity index (χ3n) is 8.29. The fourth-order valence-corrected chi connectivity index (χ4v) is 6.42. The molecule has 0 atom stereocenters. The molecule has 5 aromatic carbocycles. The van der Waals surface area contributed by atoms with Crippen LogP contribution < -0.4 is 0 Å². The number of hydrogen-bond acceptors (Lipinski definition) is 3. The van der Waals surface area contributed by atoms with Gasteiger partial charge in [-0.2, -0.15) is 0 Å². The first-order chi connectivity index (χ1) is 19.8. The van der Waals surface area contributed by atoms with Crippen molar-refractivity contribution in [1.82, 2.24) is 15.0 Å². The number of hydrogen-bond donors (Lipinski definition) is 0. The molecule has 1 aliphatic rings. The number of nitrogens with zero attached hydrogens (tertiary/aromatic N) is 3. The molecular weight excluding hydrogens is 486 g/mol. The van der Waals surface area contributed by atoms with E-state index in [1.165, 1.54) is 33.0 Å². The molecule has 8 aromatic rings. The summed E-state index contributed by atoms with van der Waals surface area (Å²) in [7, 11) is 0. The average molecular weight is 508 g/mol. The van der Waals surface area contributed by atoms with Crippen LogP contribution in [0.2, 0.25) is 0 Å². The van der Waals surface area contributed by atoms with Crippen molar-refractivity contribution in [3.05, 3.63) is 128 Å². The van der Waals surface area contributed by atoms with E-state index in [1.807, 2.05) is 18.5 Å². The van der Waals surface area contributed by atoms with E-state index >= 15 is 0 Å². The molecule has 3 heterocycles. The Kier molecular flexibility index (Phi) is 4.33. The van der Waals surface area contributed by atoms with Crippen LogP contribution in [0.15, 0.2) is 128 Å². The lowest BCUT2D eigenvalue weighted by Crippen LogP contribution is -1.92. The van der Waals surface area contributed by atoms with Gasteiger partial charge in [-0.05, 0) is 50.5 Å². The fourth-order valence-electron chi connectivity index (χ4n) is 6.42. The van der Waals surface area contributed by atoms with E-state index in [0.717, 1.165) is 55.1 Å². The van der Waals surface area contributed by atoms with Gasteiger partial charge in [0.05, 0.1) is 22.4 Å². The minimum absolute atomic E-state index is 0.902. The van der Waals surface area contributed by atoms with E-state index in [-0.39, 0.29) is 0 Å². The highest BCUT2D eigenvalue weighted by molar-refractivity contribution is 6.18. The van der Waals surface area contributed by atoms with Crippen molar-refractivity contribution in [2.45, 2.75) is 0 Å². The zero-order chi connectivity index (χ0) is 26.2. The van der Waals surface area contributed by atoms with Gasteiger partial charge in [-0.25, -0.2) is 9.97 Å². The largest absolute Gasteiger partial charge is 0.263 e. The molecule has 0 radical (unpaired) electrons. The van der Waals surface area contributed by atoms with Gasteiger partial charge in [-0.15, -0.1) is 0 Å². The van der Waals surface area contributed by atoms with Gasteiger partial charge in [0, 0.05) is 39.7 Å². The summed E-state index contributed by atoms with van der Waals surface area (Å²) in [6, 6.07) is 40.9. The van der Waals surface area contributed by atoms with Crippen LogP contribution in [0.1, 0.15) is 0 Å². The lowest BCUT2D eigenvalue weighted by molar-refractivity contribution is 1.33. The maximum absolute atomic E-state index is 5.27. The maximum atomic E-state index is 5.27. The number of pyridine rings is 3. The Morgan fingerprint density at radius 3 is 1.70 bits per heavy atom. The third kappa shape index (κ3) is 2.97. The molecule has 3 aromatic heterocycles. The quantitative estimate of drug-likeness (QED) is 0.219. The highest BCUT2D eigenvalue weighted by atomic mass is 14.8. The van der Waals surface area contributed by atoms with Crippen LogP contribution in [-0.4, -0.2) is 15.0 Å². The van der Waals surface area contributed by atoms with Crippen LogP contribution in [0.25, 0.3) is 88.1 Å². The number of fused-ring (bicyclic) bond motifs is 7. The molecule has 0 saturated carbocycles. The van der Waals surface area contributed by atoms with Gasteiger partial charge in [0.15, 0.2) is 0 Å². The Labute approximate surface area is 230 Å². The van der Waals surface area contributed by atoms with Gasteiger partial charge in [-0.1, -0.05) is 103 Å². The molecule has 0 N–H and O–H groups in total. The van der Waals surface area contributed by atoms with E-state index in [1.54, 1.807) is 0 Å². The second-order valence-electron chi connectivity index (χ2n) is 10.4. The third-order valence-corrected chi connectivity index (χ3v) is 8.29. The van der Waals surface area contributed by atoms with E-state index in [4.69, 9.17) is 9.97 Å². The van der Waals surface area contributed by atoms with Crippen molar-refractivity contribution in [2.75, 3.05) is 0 Å². The monoisotopic (exact) mass is 507 g/mol. The molecule has 0 aliphatic heterocycles. The lowest BCUT2D eigenvalue weighted by Gasteiger charge is -2.11. The zero-order valence-corrected chi connectivity index (χ0v) is 21.5. The molecule has 0 unspecified atom stereocenters. The Morgan fingerprint density at radius 1 is 0.350 bits per heavy atom. The summed E-state index contributed by atoms with van der Waals surface area (Å²) in [6.07, 6.45) is 3.81. The summed E-state index contributed by atoms with van der Waals surface area (Å²) in [6.45, 7) is 0. The van der Waals surface area contributed by atoms with Gasteiger partial charge in [0.25, 0.3) is 0 Å². The van der Waals surface area contributed by atoms with Gasteiger partial charge < -0.3 is 0 Å². The zero-order valence-electron chi connectivity index (χ0n) is 21.5. The van der Waals surface area contributed by atoms with Gasteiger partial charge in [-0.3, -0.25) is 4.98 Å². The van der Waals surface area contributed by atoms with E-state index in [0.29, 0.717) is 0 Å². The molecule has 0 bridgehead atoms. The van der Waals surface area contributed by atoms with Crippen molar-refractivity contribution in [2.24, 2.45) is 0 Å². The minimum Gasteiger partial charge on any atom is -0.263 e. The first kappa shape index (κ1) is 21.5. The molecule has 0 saturated heterocycles. The fraction of sp³-hybridized carbons (Fsp3) is 0. The Bertz CT molecular complexity index is 2300. The Balaban J connectivity index is 1.27. The SMILES string of the molecule is c1ccc2c(c1)-c1cccc3c(-c4ccc5ccc6ccc(-c7cncc8ccccc78)nc6c5n4)ccc-2c13. The summed E-state index contributed by atoms with van der Waals surface area (Å²) < 4.78 is 0. The predicted molar refractivity (Wildman–Crippen MR) is 165 cm³/mol. The Hall–Kier alpha value is -5.41. The molecule has 0 spiro atoms. The predicted octanol–water partition coefficient (Wildman–Crippen LogP) is 9.47. The minimum atomic E-state index is 0.902. The number of benzene rings is 5. The smallest absolute Gasteiger partial charge is 0.0972 e. The maximum Gasteiger partial charge on any atom is 0.0972 e. The molecule has 0 amide bonds. The highest BCUT2D eigenvalue weighted by Gasteiger charge is 2.22. The molecule has 9 rings (SSSR count). The van der Waals surface area contributed by atoms with Gasteiger partial charge in [0.2, 0.25) is 0 Å². The lowest BCUT2D eigenvalue weighted by atomic mass is 9.96. The summed E-state index contributed by atoms with van der Waals surface area (Å²) in [5.74, 6) is 0. The van der Waals surface area contributed by atoms with E-state index in [9.17, 15) is 0 Å². The normalized spacial score (nSPS) is 12.0. The molecule has 40 heavy (non-hydrogen) atoms. The molecule has 184 valence electrons. The second-order valence-corrected chi connectivity index (χ2v) is 10.4. The highest BCUT2D eigenvalue weighted by Crippen LogP contribution is 2.49.